The fourth-order valence-corrected chi connectivity index (χ4v) is 2.71. The quantitative estimate of drug-likeness (QED) is 0.534. The van der Waals surface area contributed by atoms with Crippen molar-refractivity contribution in [1.82, 2.24) is 0 Å². The third kappa shape index (κ3) is 6.52. The fraction of sp³-hybridized carbons (Fsp3) is 1.00. The summed E-state index contributed by atoms with van der Waals surface area (Å²) in [4.78, 5) is 0. The predicted octanol–water partition coefficient (Wildman–Crippen LogP) is 4.89. The Hall–Kier alpha value is -0.0400. The van der Waals surface area contributed by atoms with Gasteiger partial charge < -0.3 is 5.73 Å². The molecule has 16 heavy (non-hydrogen) atoms. The zero-order valence-corrected chi connectivity index (χ0v) is 11.9. The Kier molecular flexibility index (Phi) is 10.1. The molecule has 0 spiro atoms. The molecular formula is C15H33N. The van der Waals surface area contributed by atoms with Gasteiger partial charge in [0.25, 0.3) is 0 Å². The van der Waals surface area contributed by atoms with Crippen LogP contribution in [0.15, 0.2) is 0 Å². The summed E-state index contributed by atoms with van der Waals surface area (Å²) in [6, 6.07) is 0. The second-order valence-electron chi connectivity index (χ2n) is 5.35. The Morgan fingerprint density at radius 3 is 1.31 bits per heavy atom. The van der Waals surface area contributed by atoms with E-state index in [-0.39, 0.29) is 0 Å². The molecule has 1 nitrogen and oxygen atoms in total. The highest BCUT2D eigenvalue weighted by Gasteiger charge is 2.27. The number of hydrogen-bond acceptors (Lipinski definition) is 1. The third-order valence-electron chi connectivity index (χ3n) is 3.86. The standard InChI is InChI=1S/C15H33N/c1-4-7-10-15(13-14-16,11-8-5-2)12-9-6-3/h4-14,16H2,1-3H3. The SMILES string of the molecule is CCCCC(CCN)(CCCC)CCCC. The first-order chi connectivity index (χ1) is 7.74. The van der Waals surface area contributed by atoms with Crippen LogP contribution in [0.4, 0.5) is 0 Å². The van der Waals surface area contributed by atoms with Crippen LogP contribution in [0.2, 0.25) is 0 Å². The Labute approximate surface area is 103 Å². The van der Waals surface area contributed by atoms with Crippen molar-refractivity contribution < 1.29 is 0 Å². The van der Waals surface area contributed by atoms with Crippen LogP contribution in [-0.2, 0) is 0 Å². The van der Waals surface area contributed by atoms with Crippen molar-refractivity contribution in [2.45, 2.75) is 85.0 Å². The average molecular weight is 227 g/mol. The molecule has 1 heteroatoms. The van der Waals surface area contributed by atoms with E-state index >= 15 is 0 Å². The van der Waals surface area contributed by atoms with Gasteiger partial charge in [-0.15, -0.1) is 0 Å². The van der Waals surface area contributed by atoms with Crippen molar-refractivity contribution in [1.29, 1.82) is 0 Å². The van der Waals surface area contributed by atoms with Gasteiger partial charge in [0.2, 0.25) is 0 Å². The minimum Gasteiger partial charge on any atom is -0.330 e. The minimum atomic E-state index is 0.580. The Balaban J connectivity index is 4.32. The van der Waals surface area contributed by atoms with Gasteiger partial charge in [0.15, 0.2) is 0 Å². The van der Waals surface area contributed by atoms with Crippen molar-refractivity contribution in [2.24, 2.45) is 11.1 Å². The van der Waals surface area contributed by atoms with Gasteiger partial charge in [-0.05, 0) is 37.6 Å². The first-order valence-electron chi connectivity index (χ1n) is 7.44. The van der Waals surface area contributed by atoms with Gasteiger partial charge in [0, 0.05) is 0 Å². The lowest BCUT2D eigenvalue weighted by molar-refractivity contribution is 0.186. The van der Waals surface area contributed by atoms with E-state index in [2.05, 4.69) is 20.8 Å². The average Bonchev–Trinajstić information content (AvgIpc) is 2.31. The summed E-state index contributed by atoms with van der Waals surface area (Å²) in [5.74, 6) is 0. The number of rotatable bonds is 11. The normalized spacial score (nSPS) is 12.0. The molecule has 0 amide bonds. The molecule has 0 heterocycles. The summed E-state index contributed by atoms with van der Waals surface area (Å²) in [7, 11) is 0. The van der Waals surface area contributed by atoms with Crippen molar-refractivity contribution in [3.05, 3.63) is 0 Å². The van der Waals surface area contributed by atoms with Gasteiger partial charge >= 0.3 is 0 Å². The fourth-order valence-electron chi connectivity index (χ4n) is 2.71. The third-order valence-corrected chi connectivity index (χ3v) is 3.86. The van der Waals surface area contributed by atoms with Gasteiger partial charge in [-0.3, -0.25) is 0 Å². The molecule has 0 atom stereocenters. The molecular weight excluding hydrogens is 194 g/mol. The molecule has 0 aromatic heterocycles. The largest absolute Gasteiger partial charge is 0.330 e. The lowest BCUT2D eigenvalue weighted by Gasteiger charge is -2.34. The maximum atomic E-state index is 5.83. The van der Waals surface area contributed by atoms with Gasteiger partial charge in [-0.1, -0.05) is 59.3 Å². The van der Waals surface area contributed by atoms with Crippen molar-refractivity contribution in [3.63, 3.8) is 0 Å². The molecule has 0 aliphatic rings. The molecule has 0 saturated heterocycles. The van der Waals surface area contributed by atoms with E-state index in [1.54, 1.807) is 0 Å². The molecule has 0 aliphatic carbocycles. The van der Waals surface area contributed by atoms with Crippen LogP contribution in [0.3, 0.4) is 0 Å². The highest BCUT2D eigenvalue weighted by molar-refractivity contribution is 4.79. The van der Waals surface area contributed by atoms with Gasteiger partial charge in [-0.2, -0.15) is 0 Å². The maximum Gasteiger partial charge on any atom is -0.00720 e. The van der Waals surface area contributed by atoms with E-state index in [1.165, 1.54) is 64.2 Å². The Morgan fingerprint density at radius 2 is 1.06 bits per heavy atom. The molecule has 0 aromatic rings. The molecule has 0 fully saturated rings. The lowest BCUT2D eigenvalue weighted by atomic mass is 9.72. The molecule has 0 aliphatic heterocycles. The van der Waals surface area contributed by atoms with Crippen molar-refractivity contribution >= 4 is 0 Å². The van der Waals surface area contributed by atoms with E-state index in [4.69, 9.17) is 5.73 Å². The summed E-state index contributed by atoms with van der Waals surface area (Å²) < 4.78 is 0. The lowest BCUT2D eigenvalue weighted by Crippen LogP contribution is -2.25. The molecule has 0 aromatic carbocycles. The maximum absolute atomic E-state index is 5.83. The van der Waals surface area contributed by atoms with Crippen molar-refractivity contribution in [3.8, 4) is 0 Å². The van der Waals surface area contributed by atoms with E-state index < -0.39 is 0 Å². The Morgan fingerprint density at radius 1 is 0.688 bits per heavy atom. The van der Waals surface area contributed by atoms with Crippen LogP contribution >= 0.6 is 0 Å². The molecule has 0 bridgehead atoms. The highest BCUT2D eigenvalue weighted by Crippen LogP contribution is 2.39. The van der Waals surface area contributed by atoms with Crippen LogP contribution < -0.4 is 5.73 Å². The van der Waals surface area contributed by atoms with E-state index in [9.17, 15) is 0 Å². The summed E-state index contributed by atoms with van der Waals surface area (Å²) in [6.07, 6.45) is 13.6. The van der Waals surface area contributed by atoms with Crippen LogP contribution in [-0.4, -0.2) is 6.54 Å². The molecule has 0 saturated carbocycles. The topological polar surface area (TPSA) is 26.0 Å². The smallest absolute Gasteiger partial charge is 0.00720 e. The number of unbranched alkanes of at least 4 members (excludes halogenated alkanes) is 3. The van der Waals surface area contributed by atoms with Gasteiger partial charge in [0.05, 0.1) is 0 Å². The van der Waals surface area contributed by atoms with E-state index in [1.807, 2.05) is 0 Å². The molecule has 0 rings (SSSR count). The molecule has 2 N–H and O–H groups in total. The summed E-state index contributed by atoms with van der Waals surface area (Å²) in [5, 5.41) is 0. The number of hydrogen-bond donors (Lipinski definition) is 1. The monoisotopic (exact) mass is 227 g/mol. The van der Waals surface area contributed by atoms with Crippen LogP contribution in [0.1, 0.15) is 85.0 Å². The number of nitrogens with two attached hydrogens (primary N) is 1. The highest BCUT2D eigenvalue weighted by atomic mass is 14.5. The zero-order chi connectivity index (χ0) is 12.3. The molecule has 0 unspecified atom stereocenters. The molecule has 98 valence electrons. The van der Waals surface area contributed by atoms with Crippen molar-refractivity contribution in [2.75, 3.05) is 6.54 Å². The van der Waals surface area contributed by atoms with Gasteiger partial charge in [0.1, 0.15) is 0 Å². The minimum absolute atomic E-state index is 0.580. The summed E-state index contributed by atoms with van der Waals surface area (Å²) in [6.45, 7) is 7.77. The van der Waals surface area contributed by atoms with Crippen LogP contribution in [0.25, 0.3) is 0 Å². The summed E-state index contributed by atoms with van der Waals surface area (Å²) >= 11 is 0. The second kappa shape index (κ2) is 10.1. The first kappa shape index (κ1) is 16.0. The molecule has 0 radical (unpaired) electrons. The summed E-state index contributed by atoms with van der Waals surface area (Å²) in [5.41, 5.74) is 6.41. The van der Waals surface area contributed by atoms with Crippen LogP contribution in [0, 0.1) is 5.41 Å². The Bertz CT molecular complexity index is 121. The second-order valence-corrected chi connectivity index (χ2v) is 5.35. The first-order valence-corrected chi connectivity index (χ1v) is 7.44. The van der Waals surface area contributed by atoms with Crippen LogP contribution in [0.5, 0.6) is 0 Å². The van der Waals surface area contributed by atoms with E-state index in [0.29, 0.717) is 5.41 Å². The predicted molar refractivity (Wildman–Crippen MR) is 74.7 cm³/mol. The van der Waals surface area contributed by atoms with E-state index in [0.717, 1.165) is 6.54 Å². The van der Waals surface area contributed by atoms with Gasteiger partial charge in [-0.25, -0.2) is 0 Å². The zero-order valence-electron chi connectivity index (χ0n) is 11.9.